The number of hydrogen-bond acceptors (Lipinski definition) is 2. The molecule has 0 rings (SSSR count). The molecule has 0 saturated heterocycles. The van der Waals surface area contributed by atoms with Crippen LogP contribution in [0, 0.1) is 0 Å². The zero-order valence-corrected chi connectivity index (χ0v) is 12.3. The van der Waals surface area contributed by atoms with Crippen molar-refractivity contribution in [3.63, 3.8) is 0 Å². The minimum Gasteiger partial charge on any atom is -0.544 e. The Balaban J connectivity index is 0. The van der Waals surface area contributed by atoms with Crippen LogP contribution in [0.4, 0.5) is 65.9 Å². The Morgan fingerprint density at radius 1 is 0.500 bits per heavy atom. The van der Waals surface area contributed by atoms with Gasteiger partial charge in [0, 0.05) is 0 Å². The van der Waals surface area contributed by atoms with Crippen molar-refractivity contribution in [2.75, 3.05) is 0 Å². The van der Waals surface area contributed by atoms with Crippen molar-refractivity contribution in [3.05, 3.63) is 0 Å². The third-order valence-electron chi connectivity index (χ3n) is 2.58. The number of hydrogen-bond donors (Lipinski definition) is 0. The molecule has 0 aromatic heterocycles. The molecule has 26 heavy (non-hydrogen) atoms. The number of carbonyl (C=O) groups excluding carboxylic acids is 1. The van der Waals surface area contributed by atoms with Crippen LogP contribution in [0.15, 0.2) is 0 Å². The van der Waals surface area contributed by atoms with Crippen LogP contribution in [-0.2, 0) is 27.2 Å². The fraction of sp³-hybridized carbons (Fsp3) is 0.875. The van der Waals surface area contributed by atoms with E-state index >= 15 is 0 Å². The minimum atomic E-state index is -8.50. The molecule has 0 fully saturated rings. The molecule has 0 heterocycles. The van der Waals surface area contributed by atoms with E-state index in [0.29, 0.717) is 0 Å². The first-order chi connectivity index (χ1) is 10.4. The summed E-state index contributed by atoms with van der Waals surface area (Å²) in [6, 6.07) is 0. The van der Waals surface area contributed by atoms with Gasteiger partial charge in [-0.25, -0.2) is 0 Å². The van der Waals surface area contributed by atoms with Gasteiger partial charge in [-0.15, -0.1) is 0 Å². The standard InChI is InChI=1S/C8HF15O2.Ag/c9-2(10,1(24)25)3(11,12)4(13,14)5(15,16)6(17,18)7(19,20)8(21,22)23;/h(H,24,25);/q;+1/p-1. The van der Waals surface area contributed by atoms with Gasteiger partial charge in [-0.3, -0.25) is 0 Å². The molecular weight excluding hydrogens is 521 g/mol. The molecule has 0 aromatic carbocycles. The van der Waals surface area contributed by atoms with Crippen LogP contribution in [0.5, 0.6) is 0 Å². The molecule has 0 aliphatic heterocycles. The average Bonchev–Trinajstić information content (AvgIpc) is 2.35. The summed E-state index contributed by atoms with van der Waals surface area (Å²) in [6.07, 6.45) is -7.71. The van der Waals surface area contributed by atoms with Crippen LogP contribution in [0.25, 0.3) is 0 Å². The summed E-state index contributed by atoms with van der Waals surface area (Å²) in [6.45, 7) is 0. The van der Waals surface area contributed by atoms with Gasteiger partial charge in [0.15, 0.2) is 0 Å². The van der Waals surface area contributed by atoms with Gasteiger partial charge in [0.25, 0.3) is 0 Å². The number of carboxylic acid groups (broad SMARTS) is 1. The molecule has 0 amide bonds. The van der Waals surface area contributed by atoms with Crippen molar-refractivity contribution in [3.8, 4) is 0 Å². The zero-order chi connectivity index (χ0) is 21.1. The maximum atomic E-state index is 12.8. The number of halogens is 15. The van der Waals surface area contributed by atoms with E-state index in [9.17, 15) is 75.8 Å². The summed E-state index contributed by atoms with van der Waals surface area (Å²) >= 11 is 0. The molecule has 0 bridgehead atoms. The topological polar surface area (TPSA) is 40.1 Å². The third kappa shape index (κ3) is 3.25. The van der Waals surface area contributed by atoms with Crippen molar-refractivity contribution in [1.82, 2.24) is 0 Å². The van der Waals surface area contributed by atoms with Gasteiger partial charge in [-0.05, 0) is 0 Å². The van der Waals surface area contributed by atoms with Gasteiger partial charge in [-0.1, -0.05) is 0 Å². The van der Waals surface area contributed by atoms with Gasteiger partial charge in [0.05, 0.1) is 0 Å². The molecule has 0 N–H and O–H groups in total. The fourth-order valence-corrected chi connectivity index (χ4v) is 1.09. The first-order valence-corrected chi connectivity index (χ1v) is 4.99. The Morgan fingerprint density at radius 2 is 0.731 bits per heavy atom. The summed E-state index contributed by atoms with van der Waals surface area (Å²) in [7, 11) is 0. The maximum absolute atomic E-state index is 12.8. The molecule has 0 atom stereocenters. The van der Waals surface area contributed by atoms with Crippen molar-refractivity contribution in [1.29, 1.82) is 0 Å². The van der Waals surface area contributed by atoms with E-state index in [4.69, 9.17) is 0 Å². The van der Waals surface area contributed by atoms with Crippen LogP contribution >= 0.6 is 0 Å². The second-order valence-electron chi connectivity index (χ2n) is 4.23. The molecule has 0 spiro atoms. The van der Waals surface area contributed by atoms with Crippen LogP contribution in [-0.4, -0.2) is 47.7 Å². The van der Waals surface area contributed by atoms with E-state index in [1.807, 2.05) is 0 Å². The van der Waals surface area contributed by atoms with E-state index in [1.165, 1.54) is 0 Å². The first-order valence-electron chi connectivity index (χ1n) is 4.99. The summed E-state index contributed by atoms with van der Waals surface area (Å²) in [5, 5.41) is 9.61. The smallest absolute Gasteiger partial charge is 0.544 e. The summed E-state index contributed by atoms with van der Waals surface area (Å²) in [5.74, 6) is -53.3. The Bertz CT molecular complexity index is 536. The van der Waals surface area contributed by atoms with Crippen LogP contribution in [0.3, 0.4) is 0 Å². The van der Waals surface area contributed by atoms with Crippen molar-refractivity contribution in [2.24, 2.45) is 0 Å². The van der Waals surface area contributed by atoms with E-state index in [1.54, 1.807) is 0 Å². The summed E-state index contributed by atoms with van der Waals surface area (Å²) in [4.78, 5) is 9.61. The molecule has 2 nitrogen and oxygen atoms in total. The molecule has 0 saturated carbocycles. The van der Waals surface area contributed by atoms with Crippen molar-refractivity contribution in [2.45, 2.75) is 41.7 Å². The molecule has 0 aromatic rings. The van der Waals surface area contributed by atoms with Gasteiger partial charge in [0.2, 0.25) is 0 Å². The molecular formula is C8AgF15O2. The second-order valence-corrected chi connectivity index (χ2v) is 4.23. The first kappa shape index (κ1) is 27.4. The van der Waals surface area contributed by atoms with Gasteiger partial charge >= 0.3 is 64.1 Å². The number of carbonyl (C=O) groups is 1. The Kier molecular flexibility index (Phi) is 7.00. The predicted octanol–water partition coefficient (Wildman–Crippen LogP) is 3.11. The third-order valence-corrected chi connectivity index (χ3v) is 2.58. The molecule has 160 valence electrons. The quantitative estimate of drug-likeness (QED) is 0.399. The number of aliphatic carboxylic acids is 1. The summed E-state index contributed by atoms with van der Waals surface area (Å²) < 4.78 is 186. The van der Waals surface area contributed by atoms with Crippen LogP contribution < -0.4 is 5.11 Å². The Hall–Kier alpha value is -0.840. The van der Waals surface area contributed by atoms with E-state index < -0.39 is 47.7 Å². The van der Waals surface area contributed by atoms with Crippen molar-refractivity contribution >= 4 is 5.97 Å². The fourth-order valence-electron chi connectivity index (χ4n) is 1.09. The predicted molar refractivity (Wildman–Crippen MR) is 40.7 cm³/mol. The normalized spacial score (nSPS) is 15.5. The molecule has 0 aliphatic carbocycles. The average molecular weight is 521 g/mol. The van der Waals surface area contributed by atoms with E-state index in [0.717, 1.165) is 0 Å². The Labute approximate surface area is 146 Å². The van der Waals surface area contributed by atoms with Crippen LogP contribution in [0.1, 0.15) is 0 Å². The maximum Gasteiger partial charge on any atom is 1.00 e. The minimum absolute atomic E-state index is 0. The number of rotatable bonds is 6. The molecule has 0 aliphatic rings. The van der Waals surface area contributed by atoms with E-state index in [-0.39, 0.29) is 22.4 Å². The monoisotopic (exact) mass is 520 g/mol. The van der Waals surface area contributed by atoms with Gasteiger partial charge in [0.1, 0.15) is 5.97 Å². The molecule has 0 radical (unpaired) electrons. The second kappa shape index (κ2) is 6.65. The Morgan fingerprint density at radius 3 is 0.962 bits per heavy atom. The largest absolute Gasteiger partial charge is 1.00 e. The van der Waals surface area contributed by atoms with Crippen molar-refractivity contribution < 1.29 is 98.1 Å². The molecule has 18 heteroatoms. The molecule has 0 unspecified atom stereocenters. The van der Waals surface area contributed by atoms with Gasteiger partial charge in [-0.2, -0.15) is 65.9 Å². The number of alkyl halides is 15. The SMILES string of the molecule is O=C([O-])C(F)(F)C(F)(F)C(F)(F)C(F)(F)C(F)(F)C(F)(F)C(F)(F)F.[Ag+]. The van der Waals surface area contributed by atoms with Crippen LogP contribution in [0.2, 0.25) is 0 Å². The number of carboxylic acids is 1. The van der Waals surface area contributed by atoms with Gasteiger partial charge < -0.3 is 9.90 Å². The zero-order valence-electron chi connectivity index (χ0n) is 10.8. The summed E-state index contributed by atoms with van der Waals surface area (Å²) in [5.41, 5.74) is 0. The van der Waals surface area contributed by atoms with E-state index in [2.05, 4.69) is 0 Å².